The van der Waals surface area contributed by atoms with Crippen LogP contribution in [0.2, 0.25) is 0 Å². The van der Waals surface area contributed by atoms with Gasteiger partial charge in [0, 0.05) is 24.9 Å². The third-order valence-electron chi connectivity index (χ3n) is 2.13. The molecular formula is C10H12N4O2. The summed E-state index contributed by atoms with van der Waals surface area (Å²) < 4.78 is 6.72. The van der Waals surface area contributed by atoms with Crippen LogP contribution in [0.25, 0.3) is 11.3 Å². The highest BCUT2D eigenvalue weighted by atomic mass is 16.5. The Hall–Kier alpha value is -1.95. The molecule has 0 aromatic carbocycles. The third kappa shape index (κ3) is 2.34. The van der Waals surface area contributed by atoms with Gasteiger partial charge in [-0.15, -0.1) is 0 Å². The molecule has 0 amide bonds. The Bertz CT molecular complexity index is 497. The minimum absolute atomic E-state index is 0.212. The van der Waals surface area contributed by atoms with Crippen LogP contribution in [-0.4, -0.2) is 33.7 Å². The zero-order valence-electron chi connectivity index (χ0n) is 8.88. The second-order valence-corrected chi connectivity index (χ2v) is 3.29. The maximum absolute atomic E-state index is 10.8. The van der Waals surface area contributed by atoms with E-state index in [0.29, 0.717) is 18.8 Å². The fourth-order valence-electron chi connectivity index (χ4n) is 1.31. The Labute approximate surface area is 91.9 Å². The highest BCUT2D eigenvalue weighted by Crippen LogP contribution is 2.12. The fourth-order valence-corrected chi connectivity index (χ4v) is 1.31. The lowest BCUT2D eigenvalue weighted by atomic mass is 10.2. The number of rotatable bonds is 4. The molecule has 0 aliphatic carbocycles. The SMILES string of the molecule is COCCn1cc(-c2ccc(=O)[nH]n2)cn1. The number of nitrogens with one attached hydrogen (secondary N) is 1. The molecule has 2 aromatic rings. The predicted molar refractivity (Wildman–Crippen MR) is 58.0 cm³/mol. The van der Waals surface area contributed by atoms with Crippen molar-refractivity contribution in [2.24, 2.45) is 0 Å². The number of ether oxygens (including phenoxy) is 1. The summed E-state index contributed by atoms with van der Waals surface area (Å²) in [4.78, 5) is 10.8. The van der Waals surface area contributed by atoms with Crippen molar-refractivity contribution in [2.75, 3.05) is 13.7 Å². The molecule has 0 spiro atoms. The fraction of sp³-hybridized carbons (Fsp3) is 0.300. The number of H-pyrrole nitrogens is 1. The molecular weight excluding hydrogens is 208 g/mol. The summed E-state index contributed by atoms with van der Waals surface area (Å²) in [5.41, 5.74) is 1.35. The van der Waals surface area contributed by atoms with Gasteiger partial charge in [-0.25, -0.2) is 5.10 Å². The summed E-state index contributed by atoms with van der Waals surface area (Å²) in [6, 6.07) is 3.10. The zero-order chi connectivity index (χ0) is 11.4. The van der Waals surface area contributed by atoms with Gasteiger partial charge in [0.2, 0.25) is 0 Å². The van der Waals surface area contributed by atoms with Crippen molar-refractivity contribution in [3.8, 4) is 11.3 Å². The van der Waals surface area contributed by atoms with Crippen LogP contribution in [0.3, 0.4) is 0 Å². The Kier molecular flexibility index (Phi) is 3.11. The van der Waals surface area contributed by atoms with Crippen molar-refractivity contribution in [2.45, 2.75) is 6.54 Å². The van der Waals surface area contributed by atoms with E-state index in [4.69, 9.17) is 4.74 Å². The first-order valence-electron chi connectivity index (χ1n) is 4.87. The summed E-state index contributed by atoms with van der Waals surface area (Å²) in [5, 5.41) is 10.5. The molecule has 0 bridgehead atoms. The van der Waals surface area contributed by atoms with Crippen LogP contribution < -0.4 is 5.56 Å². The van der Waals surface area contributed by atoms with Crippen LogP contribution in [0.15, 0.2) is 29.3 Å². The molecule has 1 N–H and O–H groups in total. The van der Waals surface area contributed by atoms with E-state index in [9.17, 15) is 4.79 Å². The molecule has 2 heterocycles. The molecule has 0 saturated heterocycles. The van der Waals surface area contributed by atoms with Gasteiger partial charge < -0.3 is 4.74 Å². The van der Waals surface area contributed by atoms with E-state index in [1.165, 1.54) is 6.07 Å². The Morgan fingerprint density at radius 3 is 3.06 bits per heavy atom. The van der Waals surface area contributed by atoms with Crippen LogP contribution in [-0.2, 0) is 11.3 Å². The van der Waals surface area contributed by atoms with Gasteiger partial charge in [-0.05, 0) is 6.07 Å². The Morgan fingerprint density at radius 1 is 1.50 bits per heavy atom. The summed E-state index contributed by atoms with van der Waals surface area (Å²) >= 11 is 0. The van der Waals surface area contributed by atoms with Crippen molar-refractivity contribution < 1.29 is 4.74 Å². The molecule has 84 valence electrons. The van der Waals surface area contributed by atoms with Gasteiger partial charge in [0.25, 0.3) is 5.56 Å². The summed E-state index contributed by atoms with van der Waals surface area (Å²) in [5.74, 6) is 0. The maximum Gasteiger partial charge on any atom is 0.264 e. The van der Waals surface area contributed by atoms with Gasteiger partial charge >= 0.3 is 0 Å². The lowest BCUT2D eigenvalue weighted by Gasteiger charge is -1.98. The number of hydrogen-bond donors (Lipinski definition) is 1. The van der Waals surface area contributed by atoms with E-state index in [0.717, 1.165) is 5.56 Å². The molecule has 16 heavy (non-hydrogen) atoms. The summed E-state index contributed by atoms with van der Waals surface area (Å²) in [6.45, 7) is 1.31. The standard InChI is InChI=1S/C10H12N4O2/c1-16-5-4-14-7-8(6-11-14)9-2-3-10(15)13-12-9/h2-3,6-7H,4-5H2,1H3,(H,13,15). The molecule has 6 heteroatoms. The average molecular weight is 220 g/mol. The number of aromatic amines is 1. The van der Waals surface area contributed by atoms with Gasteiger partial charge in [-0.1, -0.05) is 0 Å². The van der Waals surface area contributed by atoms with Gasteiger partial charge in [-0.3, -0.25) is 9.48 Å². The van der Waals surface area contributed by atoms with E-state index in [1.54, 1.807) is 24.1 Å². The van der Waals surface area contributed by atoms with Gasteiger partial charge in [-0.2, -0.15) is 10.2 Å². The van der Waals surface area contributed by atoms with Crippen molar-refractivity contribution >= 4 is 0 Å². The van der Waals surface area contributed by atoms with Crippen LogP contribution in [0.4, 0.5) is 0 Å². The first-order valence-corrected chi connectivity index (χ1v) is 4.87. The second kappa shape index (κ2) is 4.71. The molecule has 0 radical (unpaired) electrons. The first kappa shape index (κ1) is 10.6. The number of methoxy groups -OCH3 is 1. The quantitative estimate of drug-likeness (QED) is 0.803. The molecule has 0 aliphatic rings. The molecule has 0 unspecified atom stereocenters. The largest absolute Gasteiger partial charge is 0.383 e. The average Bonchev–Trinajstić information content (AvgIpc) is 2.76. The van der Waals surface area contributed by atoms with E-state index in [1.807, 2.05) is 6.20 Å². The third-order valence-corrected chi connectivity index (χ3v) is 2.13. The molecule has 6 nitrogen and oxygen atoms in total. The monoisotopic (exact) mass is 220 g/mol. The van der Waals surface area contributed by atoms with Crippen LogP contribution in [0, 0.1) is 0 Å². The number of nitrogens with zero attached hydrogens (tertiary/aromatic N) is 3. The predicted octanol–water partition coefficient (Wildman–Crippen LogP) is 0.280. The number of aromatic nitrogens is 4. The van der Waals surface area contributed by atoms with E-state index in [-0.39, 0.29) is 5.56 Å². The maximum atomic E-state index is 10.8. The van der Waals surface area contributed by atoms with Crippen molar-refractivity contribution in [3.05, 3.63) is 34.9 Å². The molecule has 2 aromatic heterocycles. The number of hydrogen-bond acceptors (Lipinski definition) is 4. The summed E-state index contributed by atoms with van der Waals surface area (Å²) in [6.07, 6.45) is 3.57. The lowest BCUT2D eigenvalue weighted by Crippen LogP contribution is -2.05. The van der Waals surface area contributed by atoms with E-state index in [2.05, 4.69) is 15.3 Å². The molecule has 2 rings (SSSR count). The topological polar surface area (TPSA) is 72.8 Å². The smallest absolute Gasteiger partial charge is 0.264 e. The highest BCUT2D eigenvalue weighted by molar-refractivity contribution is 5.55. The van der Waals surface area contributed by atoms with Gasteiger partial charge in [0.15, 0.2) is 0 Å². The molecule has 0 fully saturated rings. The summed E-state index contributed by atoms with van der Waals surface area (Å²) in [7, 11) is 1.65. The van der Waals surface area contributed by atoms with Crippen LogP contribution in [0.5, 0.6) is 0 Å². The van der Waals surface area contributed by atoms with Crippen molar-refractivity contribution in [1.82, 2.24) is 20.0 Å². The van der Waals surface area contributed by atoms with E-state index >= 15 is 0 Å². The Morgan fingerprint density at radius 2 is 2.38 bits per heavy atom. The molecule has 0 aliphatic heterocycles. The van der Waals surface area contributed by atoms with Crippen LogP contribution >= 0.6 is 0 Å². The minimum Gasteiger partial charge on any atom is -0.383 e. The second-order valence-electron chi connectivity index (χ2n) is 3.29. The van der Waals surface area contributed by atoms with E-state index < -0.39 is 0 Å². The van der Waals surface area contributed by atoms with Gasteiger partial charge in [0.1, 0.15) is 0 Å². The lowest BCUT2D eigenvalue weighted by molar-refractivity contribution is 0.183. The van der Waals surface area contributed by atoms with Gasteiger partial charge in [0.05, 0.1) is 25.0 Å². The zero-order valence-corrected chi connectivity index (χ0v) is 8.88. The normalized spacial score (nSPS) is 10.6. The highest BCUT2D eigenvalue weighted by Gasteiger charge is 2.02. The molecule has 0 atom stereocenters. The van der Waals surface area contributed by atoms with Crippen LogP contribution in [0.1, 0.15) is 0 Å². The van der Waals surface area contributed by atoms with Crippen molar-refractivity contribution in [1.29, 1.82) is 0 Å². The Balaban J connectivity index is 2.18. The first-order chi connectivity index (χ1) is 7.79. The molecule has 0 saturated carbocycles. The van der Waals surface area contributed by atoms with Crippen molar-refractivity contribution in [3.63, 3.8) is 0 Å². The minimum atomic E-state index is -0.212.